The van der Waals surface area contributed by atoms with Crippen molar-refractivity contribution in [3.8, 4) is 11.5 Å². The molecule has 7 heteroatoms. The number of aliphatic imine (C=N–C) groups is 2. The third-order valence-corrected chi connectivity index (χ3v) is 4.85. The van der Waals surface area contributed by atoms with Gasteiger partial charge in [-0.1, -0.05) is 50.2 Å². The number of phenols is 2. The molecule has 2 heterocycles. The van der Waals surface area contributed by atoms with E-state index in [1.807, 2.05) is 60.7 Å². The molecule has 1 radical (unpaired) electrons. The molecule has 0 aliphatic carbocycles. The first-order valence-electron chi connectivity index (χ1n) is 11.1. The summed E-state index contributed by atoms with van der Waals surface area (Å²) in [5, 5.41) is 19.2. The number of para-hydroxylation sites is 2. The third kappa shape index (κ3) is 8.81. The summed E-state index contributed by atoms with van der Waals surface area (Å²) in [4.78, 5) is 17.2. The van der Waals surface area contributed by atoms with Gasteiger partial charge in [0.1, 0.15) is 11.5 Å². The minimum atomic E-state index is 0. The van der Waals surface area contributed by atoms with Crippen LogP contribution in [0.25, 0.3) is 0 Å². The van der Waals surface area contributed by atoms with Crippen LogP contribution < -0.4 is 0 Å². The number of hydrogen-bond donors (Lipinski definition) is 2. The summed E-state index contributed by atoms with van der Waals surface area (Å²) in [5.74, 6) is 1.77. The quantitative estimate of drug-likeness (QED) is 0.302. The minimum Gasteiger partial charge on any atom is -0.507 e. The predicted octanol–water partition coefficient (Wildman–Crippen LogP) is 6.20. The van der Waals surface area contributed by atoms with E-state index in [1.165, 1.54) is 0 Å². The predicted molar refractivity (Wildman–Crippen MR) is 138 cm³/mol. The average Bonchev–Trinajstić information content (AvgIpc) is 2.88. The van der Waals surface area contributed by atoms with Gasteiger partial charge in [-0.2, -0.15) is 0 Å². The molecule has 0 amide bonds. The van der Waals surface area contributed by atoms with Crippen molar-refractivity contribution in [2.45, 2.75) is 26.7 Å². The molecule has 0 bridgehead atoms. The molecule has 0 unspecified atom stereocenters. The van der Waals surface area contributed by atoms with Gasteiger partial charge < -0.3 is 10.2 Å². The standard InChI is InChI=1S/2C14H14N2O.Co/c2*1-2-12-7-5-9-14(16-12)15-10-11-6-3-4-8-13(11)17;/h2*3-10,17H,2H2,1H3;/b2*15-10+;. The van der Waals surface area contributed by atoms with Crippen LogP contribution in [0.15, 0.2) is 94.9 Å². The van der Waals surface area contributed by atoms with Crippen molar-refractivity contribution >= 4 is 24.1 Å². The van der Waals surface area contributed by atoms with Crippen LogP contribution in [0.4, 0.5) is 11.6 Å². The zero-order valence-corrected chi connectivity index (χ0v) is 20.7. The normalized spacial score (nSPS) is 10.6. The SMILES string of the molecule is CCc1cccc(/N=C/c2ccccc2O)n1.CCc1cccc(/N=C/c2ccccc2O)n1.[Co]. The summed E-state index contributed by atoms with van der Waals surface area (Å²) < 4.78 is 0. The van der Waals surface area contributed by atoms with Gasteiger partial charge in [-0.25, -0.2) is 20.0 Å². The number of nitrogens with zero attached hydrogens (tertiary/aromatic N) is 4. The number of aromatic nitrogens is 2. The van der Waals surface area contributed by atoms with E-state index in [4.69, 9.17) is 0 Å². The molecule has 0 saturated heterocycles. The molecule has 0 aliphatic heterocycles. The molecule has 2 aromatic carbocycles. The zero-order valence-electron chi connectivity index (χ0n) is 19.7. The van der Waals surface area contributed by atoms with Crippen molar-refractivity contribution in [3.63, 3.8) is 0 Å². The molecule has 0 fully saturated rings. The van der Waals surface area contributed by atoms with Gasteiger partial charge in [-0.3, -0.25) is 0 Å². The van der Waals surface area contributed by atoms with Gasteiger partial charge >= 0.3 is 0 Å². The van der Waals surface area contributed by atoms with Crippen LogP contribution in [0.1, 0.15) is 36.4 Å². The molecule has 4 aromatic rings. The Bertz CT molecular complexity index is 1180. The minimum absolute atomic E-state index is 0. The van der Waals surface area contributed by atoms with Crippen molar-refractivity contribution in [2.24, 2.45) is 9.98 Å². The second-order valence-corrected chi connectivity index (χ2v) is 7.32. The molecular formula is C28H28CoN4O2. The maximum absolute atomic E-state index is 9.58. The van der Waals surface area contributed by atoms with Gasteiger partial charge in [0, 0.05) is 51.7 Å². The molecule has 2 N–H and O–H groups in total. The molecule has 181 valence electrons. The Labute approximate surface area is 216 Å². The van der Waals surface area contributed by atoms with Crippen LogP contribution >= 0.6 is 0 Å². The topological polar surface area (TPSA) is 91.0 Å². The number of phenolic OH excluding ortho intramolecular Hbond substituents is 2. The molecule has 0 aliphatic rings. The summed E-state index contributed by atoms with van der Waals surface area (Å²) in [6.45, 7) is 4.11. The summed E-state index contributed by atoms with van der Waals surface area (Å²) in [6, 6.07) is 25.7. The Kier molecular flexibility index (Phi) is 11.3. The Balaban J connectivity index is 0.000000240. The molecule has 0 saturated carbocycles. The molecule has 0 spiro atoms. The summed E-state index contributed by atoms with van der Waals surface area (Å²) in [6.07, 6.45) is 5.02. The van der Waals surface area contributed by atoms with Crippen LogP contribution in [0.5, 0.6) is 11.5 Å². The van der Waals surface area contributed by atoms with E-state index in [0.717, 1.165) is 24.2 Å². The van der Waals surface area contributed by atoms with Crippen molar-refractivity contribution < 1.29 is 27.0 Å². The summed E-state index contributed by atoms with van der Waals surface area (Å²) in [5.41, 5.74) is 3.40. The second-order valence-electron chi connectivity index (χ2n) is 7.32. The van der Waals surface area contributed by atoms with E-state index < -0.39 is 0 Å². The molecule has 35 heavy (non-hydrogen) atoms. The second kappa shape index (κ2) is 14.4. The number of aromatic hydroxyl groups is 2. The van der Waals surface area contributed by atoms with Crippen LogP contribution in [-0.2, 0) is 29.6 Å². The smallest absolute Gasteiger partial charge is 0.152 e. The molecular weight excluding hydrogens is 483 g/mol. The summed E-state index contributed by atoms with van der Waals surface area (Å²) >= 11 is 0. The maximum atomic E-state index is 9.58. The Morgan fingerprint density at radius 3 is 1.37 bits per heavy atom. The van der Waals surface area contributed by atoms with Crippen LogP contribution in [0.2, 0.25) is 0 Å². The van der Waals surface area contributed by atoms with Crippen LogP contribution in [-0.4, -0.2) is 32.6 Å². The first kappa shape index (κ1) is 27.4. The zero-order chi connectivity index (χ0) is 24.2. The fraction of sp³-hybridized carbons (Fsp3) is 0.143. The van der Waals surface area contributed by atoms with Gasteiger partial charge in [0.15, 0.2) is 11.6 Å². The number of rotatable bonds is 6. The maximum Gasteiger partial charge on any atom is 0.152 e. The average molecular weight is 511 g/mol. The van der Waals surface area contributed by atoms with Gasteiger partial charge in [-0.15, -0.1) is 0 Å². The van der Waals surface area contributed by atoms with Gasteiger partial charge in [0.05, 0.1) is 0 Å². The fourth-order valence-electron chi connectivity index (χ4n) is 2.94. The summed E-state index contributed by atoms with van der Waals surface area (Å²) in [7, 11) is 0. The van der Waals surface area contributed by atoms with E-state index in [9.17, 15) is 10.2 Å². The first-order chi connectivity index (χ1) is 16.6. The van der Waals surface area contributed by atoms with E-state index in [0.29, 0.717) is 22.8 Å². The molecule has 0 atom stereocenters. The van der Waals surface area contributed by atoms with Crippen molar-refractivity contribution in [3.05, 3.63) is 107 Å². The number of aryl methyl sites for hydroxylation is 2. The van der Waals surface area contributed by atoms with E-state index in [1.54, 1.807) is 36.7 Å². The molecule has 6 nitrogen and oxygen atoms in total. The molecule has 2 aromatic heterocycles. The van der Waals surface area contributed by atoms with Gasteiger partial charge in [0.25, 0.3) is 0 Å². The van der Waals surface area contributed by atoms with Gasteiger partial charge in [-0.05, 0) is 61.4 Å². The van der Waals surface area contributed by atoms with Crippen molar-refractivity contribution in [1.82, 2.24) is 9.97 Å². The Morgan fingerprint density at radius 1 is 0.600 bits per heavy atom. The third-order valence-electron chi connectivity index (χ3n) is 4.85. The van der Waals surface area contributed by atoms with Crippen molar-refractivity contribution in [1.29, 1.82) is 0 Å². The monoisotopic (exact) mass is 511 g/mol. The Hall–Kier alpha value is -3.81. The fourth-order valence-corrected chi connectivity index (χ4v) is 2.94. The van der Waals surface area contributed by atoms with Crippen LogP contribution in [0.3, 0.4) is 0 Å². The number of pyridine rings is 2. The van der Waals surface area contributed by atoms with Crippen molar-refractivity contribution in [2.75, 3.05) is 0 Å². The van der Waals surface area contributed by atoms with E-state index in [-0.39, 0.29) is 28.3 Å². The number of hydrogen-bond acceptors (Lipinski definition) is 6. The largest absolute Gasteiger partial charge is 0.507 e. The molecule has 4 rings (SSSR count). The van der Waals surface area contributed by atoms with Gasteiger partial charge in [0.2, 0.25) is 0 Å². The first-order valence-corrected chi connectivity index (χ1v) is 11.1. The Morgan fingerprint density at radius 2 is 1.00 bits per heavy atom. The number of benzene rings is 2. The van der Waals surface area contributed by atoms with Crippen LogP contribution in [0, 0.1) is 0 Å². The van der Waals surface area contributed by atoms with E-state index in [2.05, 4.69) is 33.8 Å². The van der Waals surface area contributed by atoms with E-state index >= 15 is 0 Å².